The molecule has 2 rings (SSSR count). The fraction of sp³-hybridized carbons (Fsp3) is 0.400. The molecule has 1 saturated heterocycles. The van der Waals surface area contributed by atoms with Crippen molar-refractivity contribution in [3.63, 3.8) is 0 Å². The zero-order chi connectivity index (χ0) is 16.4. The van der Waals surface area contributed by atoms with Crippen molar-refractivity contribution in [3.8, 4) is 0 Å². The maximum absolute atomic E-state index is 12.2. The lowest BCUT2D eigenvalue weighted by Crippen LogP contribution is -2.52. The van der Waals surface area contributed by atoms with Gasteiger partial charge >= 0.3 is 0 Å². The Balaban J connectivity index is 2.38. The lowest BCUT2D eigenvalue weighted by Gasteiger charge is -2.25. The van der Waals surface area contributed by atoms with Crippen LogP contribution in [0, 0.1) is 13.8 Å². The number of aryl methyl sites for hydroxylation is 1. The van der Waals surface area contributed by atoms with E-state index in [4.69, 9.17) is 17.0 Å². The van der Waals surface area contributed by atoms with E-state index in [0.717, 1.165) is 23.5 Å². The summed E-state index contributed by atoms with van der Waals surface area (Å²) >= 11 is 4.93. The van der Waals surface area contributed by atoms with E-state index in [2.05, 4.69) is 9.88 Å². The predicted molar refractivity (Wildman–Crippen MR) is 87.3 cm³/mol. The van der Waals surface area contributed by atoms with Crippen molar-refractivity contribution >= 4 is 35.2 Å². The van der Waals surface area contributed by atoms with Crippen LogP contribution < -0.4 is 5.32 Å². The highest BCUT2D eigenvalue weighted by molar-refractivity contribution is 7.80. The minimum Gasteiger partial charge on any atom is -0.383 e. The number of carbonyl (C=O) groups excluding carboxylic acids is 2. The van der Waals surface area contributed by atoms with E-state index < -0.39 is 11.8 Å². The first-order valence-corrected chi connectivity index (χ1v) is 7.28. The molecule has 0 saturated carbocycles. The number of aromatic nitrogens is 1. The Morgan fingerprint density at radius 2 is 2.05 bits per heavy atom. The second-order valence-electron chi connectivity index (χ2n) is 5.15. The lowest BCUT2D eigenvalue weighted by molar-refractivity contribution is -0.128. The van der Waals surface area contributed by atoms with E-state index in [9.17, 15) is 9.59 Å². The van der Waals surface area contributed by atoms with Crippen LogP contribution in [0.25, 0.3) is 6.08 Å². The summed E-state index contributed by atoms with van der Waals surface area (Å²) < 4.78 is 7.19. The molecule has 0 atom stereocenters. The van der Waals surface area contributed by atoms with Gasteiger partial charge < -0.3 is 9.30 Å². The number of hydrogen-bond acceptors (Lipinski definition) is 4. The molecule has 22 heavy (non-hydrogen) atoms. The van der Waals surface area contributed by atoms with E-state index >= 15 is 0 Å². The Labute approximate surface area is 134 Å². The number of amides is 2. The van der Waals surface area contributed by atoms with Crippen LogP contribution in [0.3, 0.4) is 0 Å². The lowest BCUT2D eigenvalue weighted by atomic mass is 10.1. The van der Waals surface area contributed by atoms with Crippen LogP contribution in [0.1, 0.15) is 17.0 Å². The third-order valence-corrected chi connectivity index (χ3v) is 4.11. The molecule has 0 aliphatic carbocycles. The average molecular weight is 321 g/mol. The van der Waals surface area contributed by atoms with E-state index in [1.54, 1.807) is 20.2 Å². The topological polar surface area (TPSA) is 63.6 Å². The fourth-order valence-electron chi connectivity index (χ4n) is 2.40. The monoisotopic (exact) mass is 321 g/mol. The number of likely N-dealkylation sites (N-methyl/N-ethyl adjacent to an activating group) is 1. The van der Waals surface area contributed by atoms with Gasteiger partial charge in [0.05, 0.1) is 6.61 Å². The standard InChI is InChI=1S/C15H19N3O3S/c1-9-7-11(10(2)18(9)5-6-21-4)8-12-13(19)16-15(22)17(3)14(12)20/h7-8H,5-6H2,1-4H3,(H,16,19,22)/b12-8+. The molecule has 1 fully saturated rings. The molecule has 1 N–H and O–H groups in total. The van der Waals surface area contributed by atoms with E-state index in [1.807, 2.05) is 19.9 Å². The Morgan fingerprint density at radius 1 is 1.36 bits per heavy atom. The molecule has 0 unspecified atom stereocenters. The second kappa shape index (κ2) is 6.41. The quantitative estimate of drug-likeness (QED) is 0.511. The van der Waals surface area contributed by atoms with Gasteiger partial charge in [-0.1, -0.05) is 0 Å². The number of ether oxygens (including phenoxy) is 1. The van der Waals surface area contributed by atoms with Crippen LogP contribution >= 0.6 is 12.2 Å². The van der Waals surface area contributed by atoms with Gasteiger partial charge in [-0.25, -0.2) is 0 Å². The van der Waals surface area contributed by atoms with E-state index in [1.165, 1.54) is 4.90 Å². The van der Waals surface area contributed by atoms with Crippen molar-refractivity contribution in [3.05, 3.63) is 28.6 Å². The van der Waals surface area contributed by atoms with Crippen LogP contribution in [0.2, 0.25) is 0 Å². The van der Waals surface area contributed by atoms with Gasteiger partial charge in [0.25, 0.3) is 11.8 Å². The van der Waals surface area contributed by atoms with Gasteiger partial charge in [-0.15, -0.1) is 0 Å². The molecule has 1 aromatic rings. The SMILES string of the molecule is COCCn1c(C)cc(/C=C2\C(=O)NC(=S)N(C)C2=O)c1C. The van der Waals surface area contributed by atoms with Gasteiger partial charge in [-0.2, -0.15) is 0 Å². The highest BCUT2D eigenvalue weighted by atomic mass is 32.1. The maximum atomic E-state index is 12.2. The zero-order valence-electron chi connectivity index (χ0n) is 13.1. The summed E-state index contributed by atoms with van der Waals surface area (Å²) in [6.45, 7) is 5.26. The molecule has 0 spiro atoms. The highest BCUT2D eigenvalue weighted by Gasteiger charge is 2.31. The molecule has 2 amide bonds. The van der Waals surface area contributed by atoms with Gasteiger partial charge in [-0.3, -0.25) is 19.8 Å². The van der Waals surface area contributed by atoms with Crippen LogP contribution in [0.4, 0.5) is 0 Å². The van der Waals surface area contributed by atoms with Crippen molar-refractivity contribution < 1.29 is 14.3 Å². The first kappa shape index (κ1) is 16.4. The predicted octanol–water partition coefficient (Wildman–Crippen LogP) is 1.01. The van der Waals surface area contributed by atoms with Gasteiger partial charge in [0.1, 0.15) is 5.57 Å². The van der Waals surface area contributed by atoms with Crippen LogP contribution in [-0.4, -0.2) is 47.2 Å². The first-order chi connectivity index (χ1) is 10.4. The maximum Gasteiger partial charge on any atom is 0.265 e. The molecule has 118 valence electrons. The normalized spacial score (nSPS) is 17.4. The number of nitrogens with zero attached hydrogens (tertiary/aromatic N) is 2. The Kier molecular flexibility index (Phi) is 4.77. The summed E-state index contributed by atoms with van der Waals surface area (Å²) in [7, 11) is 3.20. The Bertz CT molecular complexity index is 676. The average Bonchev–Trinajstić information content (AvgIpc) is 2.73. The molecule has 0 radical (unpaired) electrons. The van der Waals surface area contributed by atoms with Crippen LogP contribution in [0.15, 0.2) is 11.6 Å². The number of carbonyl (C=O) groups is 2. The minimum absolute atomic E-state index is 0.0862. The summed E-state index contributed by atoms with van der Waals surface area (Å²) in [6.07, 6.45) is 1.61. The minimum atomic E-state index is -0.463. The summed E-state index contributed by atoms with van der Waals surface area (Å²) in [4.78, 5) is 25.5. The highest BCUT2D eigenvalue weighted by Crippen LogP contribution is 2.20. The van der Waals surface area contributed by atoms with Crippen molar-refractivity contribution in [2.75, 3.05) is 20.8 Å². The zero-order valence-corrected chi connectivity index (χ0v) is 13.9. The summed E-state index contributed by atoms with van der Waals surface area (Å²) in [5.74, 6) is -0.856. The largest absolute Gasteiger partial charge is 0.383 e. The van der Waals surface area contributed by atoms with Gasteiger partial charge in [0, 0.05) is 32.1 Å². The molecule has 6 nitrogen and oxygen atoms in total. The van der Waals surface area contributed by atoms with Gasteiger partial charge in [0.2, 0.25) is 0 Å². The van der Waals surface area contributed by atoms with Gasteiger partial charge in [-0.05, 0) is 43.8 Å². The van der Waals surface area contributed by atoms with E-state index in [-0.39, 0.29) is 10.7 Å². The number of nitrogens with one attached hydrogen (secondary N) is 1. The Hall–Kier alpha value is -1.99. The molecule has 2 heterocycles. The van der Waals surface area contributed by atoms with Crippen molar-refractivity contribution in [1.29, 1.82) is 0 Å². The van der Waals surface area contributed by atoms with Crippen molar-refractivity contribution in [2.45, 2.75) is 20.4 Å². The fourth-order valence-corrected chi connectivity index (χ4v) is 2.58. The molecule has 1 aromatic heterocycles. The molecule has 1 aliphatic heterocycles. The third-order valence-electron chi connectivity index (χ3n) is 3.74. The summed E-state index contributed by atoms with van der Waals surface area (Å²) in [5.41, 5.74) is 2.96. The first-order valence-electron chi connectivity index (χ1n) is 6.87. The molecule has 0 aromatic carbocycles. The molecular weight excluding hydrogens is 302 g/mol. The number of rotatable bonds is 4. The summed E-state index contributed by atoms with van der Waals surface area (Å²) in [5, 5.41) is 2.63. The van der Waals surface area contributed by atoms with Crippen molar-refractivity contribution in [1.82, 2.24) is 14.8 Å². The smallest absolute Gasteiger partial charge is 0.265 e. The van der Waals surface area contributed by atoms with E-state index in [0.29, 0.717) is 6.61 Å². The van der Waals surface area contributed by atoms with Crippen LogP contribution in [-0.2, 0) is 20.9 Å². The third kappa shape index (κ3) is 2.95. The second-order valence-corrected chi connectivity index (χ2v) is 5.54. The van der Waals surface area contributed by atoms with Crippen LogP contribution in [0.5, 0.6) is 0 Å². The number of hydrogen-bond donors (Lipinski definition) is 1. The number of methoxy groups -OCH3 is 1. The number of thiocarbonyl (C=S) groups is 1. The Morgan fingerprint density at radius 3 is 2.68 bits per heavy atom. The van der Waals surface area contributed by atoms with Gasteiger partial charge in [0.15, 0.2) is 5.11 Å². The summed E-state index contributed by atoms with van der Waals surface area (Å²) in [6, 6.07) is 1.95. The molecular formula is C15H19N3O3S. The molecule has 1 aliphatic rings. The van der Waals surface area contributed by atoms with Crippen molar-refractivity contribution in [2.24, 2.45) is 0 Å². The molecule has 0 bridgehead atoms. The molecule has 7 heteroatoms.